The van der Waals surface area contributed by atoms with Crippen LogP contribution in [0.1, 0.15) is 36.5 Å². The SMILES string of the molecule is CCS(=O)(=O)Nc1ccc(C(=O)NCCC2CCN(C)CC2)cc1. The first kappa shape index (κ1) is 18.7. The number of anilines is 1. The molecule has 1 aliphatic rings. The number of amides is 1. The molecular formula is C17H27N3O3S. The molecule has 7 heteroatoms. The van der Waals surface area contributed by atoms with E-state index in [2.05, 4.69) is 22.0 Å². The van der Waals surface area contributed by atoms with Crippen LogP contribution in [0.15, 0.2) is 24.3 Å². The first-order valence-corrected chi connectivity index (χ1v) is 10.1. The van der Waals surface area contributed by atoms with Crippen LogP contribution in [-0.2, 0) is 10.0 Å². The van der Waals surface area contributed by atoms with Gasteiger partial charge in [-0.25, -0.2) is 8.42 Å². The van der Waals surface area contributed by atoms with Gasteiger partial charge in [0.2, 0.25) is 10.0 Å². The van der Waals surface area contributed by atoms with E-state index in [-0.39, 0.29) is 11.7 Å². The van der Waals surface area contributed by atoms with Crippen LogP contribution in [0, 0.1) is 5.92 Å². The van der Waals surface area contributed by atoms with Gasteiger partial charge in [-0.2, -0.15) is 0 Å². The maximum absolute atomic E-state index is 12.1. The number of hydrogen-bond acceptors (Lipinski definition) is 4. The fraction of sp³-hybridized carbons (Fsp3) is 0.588. The van der Waals surface area contributed by atoms with Crippen molar-refractivity contribution in [2.45, 2.75) is 26.2 Å². The lowest BCUT2D eigenvalue weighted by Crippen LogP contribution is -2.32. The van der Waals surface area contributed by atoms with Gasteiger partial charge in [-0.3, -0.25) is 9.52 Å². The van der Waals surface area contributed by atoms with E-state index >= 15 is 0 Å². The Bertz CT molecular complexity index is 636. The number of rotatable bonds is 7. The van der Waals surface area contributed by atoms with Crippen molar-refractivity contribution in [1.29, 1.82) is 0 Å². The Labute approximate surface area is 144 Å². The van der Waals surface area contributed by atoms with Crippen molar-refractivity contribution in [3.8, 4) is 0 Å². The Morgan fingerprint density at radius 2 is 1.83 bits per heavy atom. The van der Waals surface area contributed by atoms with Gasteiger partial charge >= 0.3 is 0 Å². The number of carbonyl (C=O) groups excluding carboxylic acids is 1. The minimum absolute atomic E-state index is 0.0200. The zero-order valence-corrected chi connectivity index (χ0v) is 15.2. The van der Waals surface area contributed by atoms with Gasteiger partial charge in [0.05, 0.1) is 5.75 Å². The van der Waals surface area contributed by atoms with Gasteiger partial charge in [-0.1, -0.05) is 0 Å². The molecule has 1 aliphatic heterocycles. The van der Waals surface area contributed by atoms with Crippen LogP contribution in [-0.4, -0.2) is 51.7 Å². The highest BCUT2D eigenvalue weighted by atomic mass is 32.2. The van der Waals surface area contributed by atoms with Crippen LogP contribution >= 0.6 is 0 Å². The number of benzene rings is 1. The van der Waals surface area contributed by atoms with E-state index in [9.17, 15) is 13.2 Å². The van der Waals surface area contributed by atoms with Crippen molar-refractivity contribution in [2.75, 3.05) is 37.2 Å². The summed E-state index contributed by atoms with van der Waals surface area (Å²) in [6.45, 7) is 4.52. The molecule has 2 rings (SSSR count). The van der Waals surface area contributed by atoms with Gasteiger partial charge in [0.25, 0.3) is 5.91 Å². The molecule has 0 aliphatic carbocycles. The van der Waals surface area contributed by atoms with Crippen LogP contribution in [0.3, 0.4) is 0 Å². The Balaban J connectivity index is 1.78. The maximum Gasteiger partial charge on any atom is 0.251 e. The van der Waals surface area contributed by atoms with E-state index in [0.29, 0.717) is 23.7 Å². The average Bonchev–Trinajstić information content (AvgIpc) is 2.57. The van der Waals surface area contributed by atoms with E-state index in [1.54, 1.807) is 31.2 Å². The highest BCUT2D eigenvalue weighted by Gasteiger charge is 2.16. The molecular weight excluding hydrogens is 326 g/mol. The van der Waals surface area contributed by atoms with Gasteiger partial charge in [-0.15, -0.1) is 0 Å². The second-order valence-corrected chi connectivity index (χ2v) is 8.39. The number of carbonyl (C=O) groups is 1. The summed E-state index contributed by atoms with van der Waals surface area (Å²) < 4.78 is 25.5. The smallest absolute Gasteiger partial charge is 0.251 e. The van der Waals surface area contributed by atoms with Gasteiger partial charge in [0, 0.05) is 17.8 Å². The topological polar surface area (TPSA) is 78.5 Å². The first-order valence-electron chi connectivity index (χ1n) is 8.47. The minimum atomic E-state index is -3.29. The molecule has 0 saturated carbocycles. The minimum Gasteiger partial charge on any atom is -0.352 e. The second kappa shape index (κ2) is 8.48. The van der Waals surface area contributed by atoms with Crippen LogP contribution < -0.4 is 10.0 Å². The normalized spacial score (nSPS) is 16.8. The quantitative estimate of drug-likeness (QED) is 0.785. The molecule has 1 heterocycles. The van der Waals surface area contributed by atoms with E-state index in [4.69, 9.17) is 0 Å². The van der Waals surface area contributed by atoms with E-state index in [0.717, 1.165) is 19.5 Å². The summed E-state index contributed by atoms with van der Waals surface area (Å²) in [5, 5.41) is 2.95. The van der Waals surface area contributed by atoms with Crippen molar-refractivity contribution in [2.24, 2.45) is 5.92 Å². The number of nitrogens with one attached hydrogen (secondary N) is 2. The van der Waals surface area contributed by atoms with Crippen molar-refractivity contribution in [3.63, 3.8) is 0 Å². The summed E-state index contributed by atoms with van der Waals surface area (Å²) in [5.41, 5.74) is 1.01. The molecule has 1 saturated heterocycles. The molecule has 2 N–H and O–H groups in total. The van der Waals surface area contributed by atoms with Gasteiger partial charge in [0.1, 0.15) is 0 Å². The molecule has 1 amide bonds. The fourth-order valence-electron chi connectivity index (χ4n) is 2.78. The lowest BCUT2D eigenvalue weighted by molar-refractivity contribution is 0.0949. The molecule has 0 atom stereocenters. The molecule has 6 nitrogen and oxygen atoms in total. The number of sulfonamides is 1. The van der Waals surface area contributed by atoms with Crippen molar-refractivity contribution in [1.82, 2.24) is 10.2 Å². The third kappa shape index (κ3) is 5.79. The number of piperidine rings is 1. The summed E-state index contributed by atoms with van der Waals surface area (Å²) in [6.07, 6.45) is 3.39. The number of likely N-dealkylation sites (tertiary alicyclic amines) is 1. The number of nitrogens with zero attached hydrogens (tertiary/aromatic N) is 1. The highest BCUT2D eigenvalue weighted by Crippen LogP contribution is 2.18. The molecule has 24 heavy (non-hydrogen) atoms. The van der Waals surface area contributed by atoms with Gasteiger partial charge in [0.15, 0.2) is 0 Å². The monoisotopic (exact) mass is 353 g/mol. The first-order chi connectivity index (χ1) is 11.4. The predicted octanol–water partition coefficient (Wildman–Crippen LogP) is 1.91. The molecule has 1 fully saturated rings. The molecule has 1 aromatic rings. The molecule has 1 aromatic carbocycles. The van der Waals surface area contributed by atoms with Crippen LogP contribution in [0.4, 0.5) is 5.69 Å². The summed E-state index contributed by atoms with van der Waals surface area (Å²) in [4.78, 5) is 14.5. The Morgan fingerprint density at radius 1 is 1.21 bits per heavy atom. The van der Waals surface area contributed by atoms with Crippen molar-refractivity contribution >= 4 is 21.6 Å². The third-order valence-corrected chi connectivity index (χ3v) is 5.78. The van der Waals surface area contributed by atoms with E-state index in [1.165, 1.54) is 12.8 Å². The van der Waals surface area contributed by atoms with Crippen LogP contribution in [0.25, 0.3) is 0 Å². The number of hydrogen-bond donors (Lipinski definition) is 2. The predicted molar refractivity (Wildman–Crippen MR) is 96.7 cm³/mol. The standard InChI is InChI=1S/C17H27N3O3S/c1-3-24(22,23)19-16-6-4-15(5-7-16)17(21)18-11-8-14-9-12-20(2)13-10-14/h4-7,14,19H,3,8-13H2,1-2H3,(H,18,21). The van der Waals surface area contributed by atoms with Crippen molar-refractivity contribution in [3.05, 3.63) is 29.8 Å². The largest absolute Gasteiger partial charge is 0.352 e. The average molecular weight is 353 g/mol. The van der Waals surface area contributed by atoms with Crippen molar-refractivity contribution < 1.29 is 13.2 Å². The Hall–Kier alpha value is -1.60. The summed E-state index contributed by atoms with van der Waals surface area (Å²) in [6, 6.07) is 6.50. The summed E-state index contributed by atoms with van der Waals surface area (Å²) in [5.74, 6) is 0.590. The highest BCUT2D eigenvalue weighted by molar-refractivity contribution is 7.92. The molecule has 0 aromatic heterocycles. The van der Waals surface area contributed by atoms with Gasteiger partial charge in [-0.05, 0) is 76.5 Å². The fourth-order valence-corrected chi connectivity index (χ4v) is 3.42. The Kier molecular flexibility index (Phi) is 6.62. The molecule has 0 bridgehead atoms. The molecule has 134 valence electrons. The van der Waals surface area contributed by atoms with Crippen LogP contribution in [0.2, 0.25) is 0 Å². The van der Waals surface area contributed by atoms with E-state index in [1.807, 2.05) is 0 Å². The third-order valence-electron chi connectivity index (χ3n) is 4.48. The van der Waals surface area contributed by atoms with E-state index < -0.39 is 10.0 Å². The maximum atomic E-state index is 12.1. The zero-order valence-electron chi connectivity index (χ0n) is 14.4. The molecule has 0 unspecified atom stereocenters. The second-order valence-electron chi connectivity index (χ2n) is 6.37. The summed E-state index contributed by atoms with van der Waals surface area (Å²) >= 11 is 0. The zero-order chi connectivity index (χ0) is 17.6. The molecule has 0 radical (unpaired) electrons. The lowest BCUT2D eigenvalue weighted by Gasteiger charge is -2.28. The van der Waals surface area contributed by atoms with Crippen LogP contribution in [0.5, 0.6) is 0 Å². The summed E-state index contributed by atoms with van der Waals surface area (Å²) in [7, 11) is -1.15. The lowest BCUT2D eigenvalue weighted by atomic mass is 9.94. The molecule has 0 spiro atoms. The Morgan fingerprint density at radius 3 is 2.42 bits per heavy atom. The van der Waals surface area contributed by atoms with Gasteiger partial charge < -0.3 is 10.2 Å².